The Balaban J connectivity index is 2.20. The molecule has 0 saturated carbocycles. The highest BCUT2D eigenvalue weighted by molar-refractivity contribution is 7.98. The molecule has 0 spiro atoms. The molecule has 1 heterocycles. The zero-order valence-electron chi connectivity index (χ0n) is 13.1. The molecule has 8 nitrogen and oxygen atoms in total. The van der Waals surface area contributed by atoms with Gasteiger partial charge in [-0.3, -0.25) is 19.7 Å². The van der Waals surface area contributed by atoms with Crippen molar-refractivity contribution in [3.8, 4) is 0 Å². The van der Waals surface area contributed by atoms with E-state index in [-0.39, 0.29) is 30.6 Å². The molecule has 1 saturated heterocycles. The van der Waals surface area contributed by atoms with Gasteiger partial charge in [-0.05, 0) is 31.2 Å². The van der Waals surface area contributed by atoms with Crippen molar-refractivity contribution in [2.75, 3.05) is 26.0 Å². The van der Waals surface area contributed by atoms with E-state index in [1.807, 2.05) is 0 Å². The van der Waals surface area contributed by atoms with E-state index in [1.54, 1.807) is 12.3 Å². The van der Waals surface area contributed by atoms with Gasteiger partial charge in [0.15, 0.2) is 0 Å². The van der Waals surface area contributed by atoms with Gasteiger partial charge in [0.05, 0.1) is 10.3 Å². The number of hydrogen-bond acceptors (Lipinski definition) is 6. The molecule has 0 aliphatic carbocycles. The first kappa shape index (κ1) is 18.2. The minimum atomic E-state index is -1.10. The summed E-state index contributed by atoms with van der Waals surface area (Å²) in [5.41, 5.74) is -1.47. The molecule has 0 aromatic heterocycles. The van der Waals surface area contributed by atoms with E-state index in [0.717, 1.165) is 0 Å². The van der Waals surface area contributed by atoms with Gasteiger partial charge in [-0.25, -0.2) is 0 Å². The van der Waals surface area contributed by atoms with Gasteiger partial charge in [0.25, 0.3) is 11.6 Å². The van der Waals surface area contributed by atoms with Gasteiger partial charge >= 0.3 is 5.97 Å². The van der Waals surface area contributed by atoms with Gasteiger partial charge in [-0.15, -0.1) is 11.8 Å². The molecule has 1 fully saturated rings. The SMILES string of the molecule is CSc1ccc([N+](=O)[O-])c(C(=O)NCC2(C(=O)O)CCOCC2)c1. The van der Waals surface area contributed by atoms with Crippen LogP contribution in [-0.2, 0) is 9.53 Å². The molecule has 2 rings (SSSR count). The Morgan fingerprint density at radius 1 is 1.42 bits per heavy atom. The number of nitrogens with one attached hydrogen (secondary N) is 1. The first-order chi connectivity index (χ1) is 11.4. The number of ether oxygens (including phenoxy) is 1. The van der Waals surface area contributed by atoms with Crippen molar-refractivity contribution in [3.05, 3.63) is 33.9 Å². The molecule has 1 aliphatic heterocycles. The number of nitro benzene ring substituents is 1. The quantitative estimate of drug-likeness (QED) is 0.455. The summed E-state index contributed by atoms with van der Waals surface area (Å²) >= 11 is 1.36. The molecule has 1 amide bonds. The largest absolute Gasteiger partial charge is 0.481 e. The molecule has 0 bridgehead atoms. The highest BCUT2D eigenvalue weighted by atomic mass is 32.2. The fourth-order valence-electron chi connectivity index (χ4n) is 2.56. The van der Waals surface area contributed by atoms with Crippen molar-refractivity contribution in [1.29, 1.82) is 0 Å². The van der Waals surface area contributed by atoms with Crippen LogP contribution in [0.3, 0.4) is 0 Å². The lowest BCUT2D eigenvalue weighted by atomic mass is 9.80. The van der Waals surface area contributed by atoms with Gasteiger partial charge in [-0.1, -0.05) is 0 Å². The first-order valence-electron chi connectivity index (χ1n) is 7.31. The standard InChI is InChI=1S/C15H18N2O6S/c1-24-10-2-3-12(17(21)22)11(8-10)13(18)16-9-15(14(19)20)4-6-23-7-5-15/h2-3,8H,4-7,9H2,1H3,(H,16,18)(H,19,20). The smallest absolute Gasteiger partial charge is 0.311 e. The lowest BCUT2D eigenvalue weighted by Crippen LogP contribution is -2.46. The summed E-state index contributed by atoms with van der Waals surface area (Å²) in [5, 5.41) is 23.1. The highest BCUT2D eigenvalue weighted by Crippen LogP contribution is 2.31. The molecule has 1 aliphatic rings. The van der Waals surface area contributed by atoms with Gasteiger partial charge in [0.1, 0.15) is 5.56 Å². The molecular formula is C15H18N2O6S. The molecule has 130 valence electrons. The van der Waals surface area contributed by atoms with Crippen LogP contribution in [0.4, 0.5) is 5.69 Å². The maximum absolute atomic E-state index is 12.4. The van der Waals surface area contributed by atoms with Gasteiger partial charge in [0.2, 0.25) is 0 Å². The minimum absolute atomic E-state index is 0.0700. The number of carboxylic acids is 1. The monoisotopic (exact) mass is 354 g/mol. The Labute approximate surface area is 142 Å². The second kappa shape index (κ2) is 7.63. The maximum atomic E-state index is 12.4. The summed E-state index contributed by atoms with van der Waals surface area (Å²) < 4.78 is 5.18. The van der Waals surface area contributed by atoms with Gasteiger partial charge in [-0.2, -0.15) is 0 Å². The molecule has 2 N–H and O–H groups in total. The zero-order valence-corrected chi connectivity index (χ0v) is 13.9. The van der Waals surface area contributed by atoms with Crippen LogP contribution in [0.2, 0.25) is 0 Å². The molecular weight excluding hydrogens is 336 g/mol. The number of aliphatic carboxylic acids is 1. The summed E-state index contributed by atoms with van der Waals surface area (Å²) in [6.07, 6.45) is 2.37. The Kier molecular flexibility index (Phi) is 5.79. The summed E-state index contributed by atoms with van der Waals surface area (Å²) in [4.78, 5) is 35.2. The number of benzene rings is 1. The van der Waals surface area contributed by atoms with Crippen molar-refractivity contribution in [2.24, 2.45) is 5.41 Å². The molecule has 1 aromatic rings. The number of carbonyl (C=O) groups is 2. The lowest BCUT2D eigenvalue weighted by Gasteiger charge is -2.33. The van der Waals surface area contributed by atoms with Crippen LogP contribution < -0.4 is 5.32 Å². The number of thioether (sulfide) groups is 1. The van der Waals surface area contributed by atoms with E-state index in [2.05, 4.69) is 5.32 Å². The van der Waals surface area contributed by atoms with Crippen LogP contribution in [0.15, 0.2) is 23.1 Å². The van der Waals surface area contributed by atoms with E-state index in [4.69, 9.17) is 4.74 Å². The topological polar surface area (TPSA) is 119 Å². The minimum Gasteiger partial charge on any atom is -0.481 e. The summed E-state index contributed by atoms with van der Waals surface area (Å²) in [5.74, 6) is -1.65. The second-order valence-corrected chi connectivity index (χ2v) is 6.40. The highest BCUT2D eigenvalue weighted by Gasteiger charge is 2.40. The normalized spacial score (nSPS) is 16.4. The van der Waals surface area contributed by atoms with Crippen molar-refractivity contribution in [3.63, 3.8) is 0 Å². The molecule has 0 atom stereocenters. The van der Waals surface area contributed by atoms with E-state index < -0.39 is 22.2 Å². The van der Waals surface area contributed by atoms with E-state index in [1.165, 1.54) is 23.9 Å². The third kappa shape index (κ3) is 3.85. The predicted octanol–water partition coefficient (Wildman–Crippen LogP) is 1.93. The Morgan fingerprint density at radius 2 is 2.08 bits per heavy atom. The van der Waals surface area contributed by atoms with Crippen LogP contribution >= 0.6 is 11.8 Å². The van der Waals surface area contributed by atoms with Crippen LogP contribution in [0, 0.1) is 15.5 Å². The molecule has 1 aromatic carbocycles. The van der Waals surface area contributed by atoms with Crippen LogP contribution in [0.5, 0.6) is 0 Å². The zero-order chi connectivity index (χ0) is 17.7. The Bertz CT molecular complexity index is 657. The Hall–Kier alpha value is -2.13. The molecule has 0 radical (unpaired) electrons. The summed E-state index contributed by atoms with van der Waals surface area (Å²) in [6.45, 7) is 0.528. The van der Waals surface area contributed by atoms with E-state index >= 15 is 0 Å². The average Bonchev–Trinajstić information content (AvgIpc) is 2.59. The van der Waals surface area contributed by atoms with Gasteiger partial charge in [0, 0.05) is 30.7 Å². The van der Waals surface area contributed by atoms with Crippen LogP contribution in [-0.4, -0.2) is 47.9 Å². The first-order valence-corrected chi connectivity index (χ1v) is 8.54. The molecule has 24 heavy (non-hydrogen) atoms. The van der Waals surface area contributed by atoms with E-state index in [0.29, 0.717) is 18.1 Å². The summed E-state index contributed by atoms with van der Waals surface area (Å²) in [6, 6.07) is 4.29. The van der Waals surface area contributed by atoms with Crippen molar-refractivity contribution in [2.45, 2.75) is 17.7 Å². The number of amides is 1. The van der Waals surface area contributed by atoms with E-state index in [9.17, 15) is 24.8 Å². The van der Waals surface area contributed by atoms with Crippen molar-refractivity contribution < 1.29 is 24.4 Å². The van der Waals surface area contributed by atoms with Crippen LogP contribution in [0.25, 0.3) is 0 Å². The Morgan fingerprint density at radius 3 is 2.62 bits per heavy atom. The van der Waals surface area contributed by atoms with Gasteiger partial charge < -0.3 is 15.2 Å². The number of carbonyl (C=O) groups excluding carboxylic acids is 1. The average molecular weight is 354 g/mol. The maximum Gasteiger partial charge on any atom is 0.311 e. The fourth-order valence-corrected chi connectivity index (χ4v) is 3.00. The number of carboxylic acid groups (broad SMARTS) is 1. The molecule has 0 unspecified atom stereocenters. The fraction of sp³-hybridized carbons (Fsp3) is 0.467. The van der Waals surface area contributed by atoms with Crippen molar-refractivity contribution >= 4 is 29.3 Å². The lowest BCUT2D eigenvalue weighted by molar-refractivity contribution is -0.385. The number of hydrogen-bond donors (Lipinski definition) is 2. The third-order valence-corrected chi connectivity index (χ3v) is 4.86. The predicted molar refractivity (Wildman–Crippen MR) is 87.3 cm³/mol. The molecule has 9 heteroatoms. The summed E-state index contributed by atoms with van der Waals surface area (Å²) in [7, 11) is 0. The number of rotatable bonds is 6. The third-order valence-electron chi connectivity index (χ3n) is 4.14. The number of nitro groups is 1. The van der Waals surface area contributed by atoms with Crippen LogP contribution in [0.1, 0.15) is 23.2 Å². The second-order valence-electron chi connectivity index (χ2n) is 5.52. The number of nitrogens with zero attached hydrogens (tertiary/aromatic N) is 1. The van der Waals surface area contributed by atoms with Crippen molar-refractivity contribution in [1.82, 2.24) is 5.32 Å².